The molecule has 0 aromatic heterocycles. The molecule has 2 atom stereocenters. The van der Waals surface area contributed by atoms with E-state index in [-0.39, 0.29) is 13.2 Å². The maximum absolute atomic E-state index is 12.8. The van der Waals surface area contributed by atoms with Crippen molar-refractivity contribution in [1.82, 2.24) is 10.2 Å². The number of carbonyl (C=O) groups excluding carboxylic acids is 2. The number of halogens is 1. The topological polar surface area (TPSA) is 103 Å². The molecule has 28 heavy (non-hydrogen) atoms. The number of hydrogen-bond donors (Lipinski definition) is 2. The summed E-state index contributed by atoms with van der Waals surface area (Å²) >= 11 is 5.88. The van der Waals surface area contributed by atoms with Gasteiger partial charge in [-0.15, -0.1) is 0 Å². The van der Waals surface area contributed by atoms with E-state index in [9.17, 15) is 14.7 Å². The minimum atomic E-state index is -1.23. The average molecular weight is 400 g/mol. The lowest BCUT2D eigenvalue weighted by atomic mass is 9.92. The van der Waals surface area contributed by atoms with Gasteiger partial charge in [0.05, 0.1) is 18.2 Å². The summed E-state index contributed by atoms with van der Waals surface area (Å²) in [5, 5.41) is 22.2. The molecule has 2 aromatic carbocycles. The van der Waals surface area contributed by atoms with E-state index in [0.717, 1.165) is 4.90 Å². The van der Waals surface area contributed by atoms with Gasteiger partial charge in [-0.2, -0.15) is 5.26 Å². The number of nitriles is 1. The average Bonchev–Trinajstić information content (AvgIpc) is 2.91. The predicted octanol–water partition coefficient (Wildman–Crippen LogP) is 2.42. The van der Waals surface area contributed by atoms with E-state index in [2.05, 4.69) is 5.32 Å². The molecule has 1 aliphatic rings. The number of ether oxygens (including phenoxy) is 1. The number of aliphatic hydroxyl groups excluding tert-OH is 1. The van der Waals surface area contributed by atoms with E-state index < -0.39 is 23.6 Å². The third kappa shape index (κ3) is 3.93. The van der Waals surface area contributed by atoms with Gasteiger partial charge in [0.15, 0.2) is 0 Å². The van der Waals surface area contributed by atoms with E-state index in [4.69, 9.17) is 21.6 Å². The first-order valence-corrected chi connectivity index (χ1v) is 8.92. The van der Waals surface area contributed by atoms with Gasteiger partial charge in [-0.3, -0.25) is 9.69 Å². The largest absolute Gasteiger partial charge is 0.491 e. The number of urea groups is 1. The van der Waals surface area contributed by atoms with Crippen LogP contribution in [0.15, 0.2) is 48.5 Å². The molecule has 8 heteroatoms. The van der Waals surface area contributed by atoms with Crippen LogP contribution in [0.4, 0.5) is 4.79 Å². The molecule has 2 N–H and O–H groups in total. The van der Waals surface area contributed by atoms with Crippen LogP contribution in [0.2, 0.25) is 5.02 Å². The van der Waals surface area contributed by atoms with Crippen molar-refractivity contribution in [3.63, 3.8) is 0 Å². The second kappa shape index (κ2) is 7.89. The van der Waals surface area contributed by atoms with Crippen molar-refractivity contribution in [2.75, 3.05) is 13.2 Å². The smallest absolute Gasteiger partial charge is 0.325 e. The van der Waals surface area contributed by atoms with Crippen molar-refractivity contribution in [2.45, 2.75) is 18.6 Å². The molecule has 0 aliphatic carbocycles. The minimum absolute atomic E-state index is 0.110. The van der Waals surface area contributed by atoms with Gasteiger partial charge in [0.1, 0.15) is 24.0 Å². The van der Waals surface area contributed by atoms with Crippen molar-refractivity contribution in [3.05, 3.63) is 64.7 Å². The number of aliphatic hydroxyl groups is 1. The fraction of sp³-hybridized carbons (Fsp3) is 0.250. The lowest BCUT2D eigenvalue weighted by molar-refractivity contribution is -0.132. The van der Waals surface area contributed by atoms with Crippen LogP contribution < -0.4 is 10.1 Å². The van der Waals surface area contributed by atoms with Gasteiger partial charge in [0.25, 0.3) is 5.91 Å². The van der Waals surface area contributed by atoms with Crippen molar-refractivity contribution < 1.29 is 19.4 Å². The Morgan fingerprint density at radius 2 is 1.86 bits per heavy atom. The molecule has 1 aliphatic heterocycles. The first-order valence-electron chi connectivity index (χ1n) is 8.54. The molecule has 2 aromatic rings. The quantitative estimate of drug-likeness (QED) is 0.726. The Balaban J connectivity index is 1.63. The number of nitrogens with zero attached hydrogens (tertiary/aromatic N) is 2. The number of hydrogen-bond acceptors (Lipinski definition) is 5. The van der Waals surface area contributed by atoms with Crippen LogP contribution in [0.25, 0.3) is 0 Å². The van der Waals surface area contributed by atoms with Crippen molar-refractivity contribution >= 4 is 23.5 Å². The molecular weight excluding hydrogens is 382 g/mol. The van der Waals surface area contributed by atoms with E-state index in [1.54, 1.807) is 55.5 Å². The number of benzene rings is 2. The van der Waals surface area contributed by atoms with Gasteiger partial charge in [-0.05, 0) is 48.9 Å². The van der Waals surface area contributed by atoms with Gasteiger partial charge >= 0.3 is 6.03 Å². The first-order chi connectivity index (χ1) is 13.3. The van der Waals surface area contributed by atoms with Gasteiger partial charge in [0, 0.05) is 5.02 Å². The number of imide groups is 1. The Morgan fingerprint density at radius 1 is 1.21 bits per heavy atom. The lowest BCUT2D eigenvalue weighted by Gasteiger charge is -2.23. The van der Waals surface area contributed by atoms with Crippen LogP contribution in [0.3, 0.4) is 0 Å². The fourth-order valence-electron chi connectivity index (χ4n) is 2.92. The molecule has 3 rings (SSSR count). The maximum Gasteiger partial charge on any atom is 0.325 e. The molecule has 0 spiro atoms. The van der Waals surface area contributed by atoms with Gasteiger partial charge < -0.3 is 15.2 Å². The molecule has 3 amide bonds. The zero-order valence-electron chi connectivity index (χ0n) is 15.1. The second-order valence-electron chi connectivity index (χ2n) is 6.58. The Kier molecular flexibility index (Phi) is 5.54. The Hall–Kier alpha value is -3.08. The fourth-order valence-corrected chi connectivity index (χ4v) is 3.05. The van der Waals surface area contributed by atoms with Crippen LogP contribution >= 0.6 is 11.6 Å². The standard InChI is InChI=1S/C20H18ClN3O4/c1-20(14-4-6-15(21)7-5-14)18(26)24(19(27)23-20)11-16(25)12-28-17-8-2-13(10-22)3-9-17/h2-9,16,25H,11-12H2,1H3,(H,23,27). The number of rotatable bonds is 6. The Labute approximate surface area is 167 Å². The summed E-state index contributed by atoms with van der Waals surface area (Å²) in [5.74, 6) is 0.0125. The summed E-state index contributed by atoms with van der Waals surface area (Å²) < 4.78 is 5.45. The van der Waals surface area contributed by atoms with E-state index in [1.165, 1.54) is 0 Å². The highest BCUT2D eigenvalue weighted by molar-refractivity contribution is 6.30. The molecule has 0 bridgehead atoms. The molecule has 2 unspecified atom stereocenters. The maximum atomic E-state index is 12.8. The number of carbonyl (C=O) groups is 2. The molecule has 0 radical (unpaired) electrons. The molecule has 1 heterocycles. The van der Waals surface area contributed by atoms with Crippen LogP contribution in [0, 0.1) is 11.3 Å². The third-order valence-corrected chi connectivity index (χ3v) is 4.77. The Bertz CT molecular complexity index is 924. The summed E-state index contributed by atoms with van der Waals surface area (Å²) in [4.78, 5) is 26.1. The number of nitrogens with one attached hydrogen (secondary N) is 1. The summed E-state index contributed by atoms with van der Waals surface area (Å²) in [6.45, 7) is 1.29. The van der Waals surface area contributed by atoms with Crippen LogP contribution in [-0.4, -0.2) is 41.2 Å². The molecule has 0 saturated carbocycles. The van der Waals surface area contributed by atoms with Crippen LogP contribution in [-0.2, 0) is 10.3 Å². The number of β-amino-alcohol motifs (C(OH)–C–C–N with tert-alkyl or cyclic N) is 1. The van der Waals surface area contributed by atoms with Crippen LogP contribution in [0.1, 0.15) is 18.1 Å². The van der Waals surface area contributed by atoms with E-state index in [1.807, 2.05) is 6.07 Å². The van der Waals surface area contributed by atoms with Crippen molar-refractivity contribution in [3.8, 4) is 11.8 Å². The molecule has 1 fully saturated rings. The SMILES string of the molecule is CC1(c2ccc(Cl)cc2)NC(=O)N(CC(O)COc2ccc(C#N)cc2)C1=O. The van der Waals surface area contributed by atoms with E-state index >= 15 is 0 Å². The summed E-state index contributed by atoms with van der Waals surface area (Å²) in [6, 6.07) is 14.5. The third-order valence-electron chi connectivity index (χ3n) is 4.52. The Morgan fingerprint density at radius 3 is 2.46 bits per heavy atom. The monoisotopic (exact) mass is 399 g/mol. The molecule has 1 saturated heterocycles. The zero-order chi connectivity index (χ0) is 20.3. The van der Waals surface area contributed by atoms with Crippen molar-refractivity contribution in [2.24, 2.45) is 0 Å². The first kappa shape index (κ1) is 19.7. The normalized spacial score (nSPS) is 19.9. The molecular formula is C20H18ClN3O4. The van der Waals surface area contributed by atoms with Crippen LogP contribution in [0.5, 0.6) is 5.75 Å². The number of amides is 3. The van der Waals surface area contributed by atoms with Crippen molar-refractivity contribution in [1.29, 1.82) is 5.26 Å². The minimum Gasteiger partial charge on any atom is -0.491 e. The summed E-state index contributed by atoms with van der Waals surface area (Å²) in [6.07, 6.45) is -1.07. The highest BCUT2D eigenvalue weighted by atomic mass is 35.5. The summed E-state index contributed by atoms with van der Waals surface area (Å²) in [5.41, 5.74) is -0.134. The highest BCUT2D eigenvalue weighted by Crippen LogP contribution is 2.29. The van der Waals surface area contributed by atoms with Gasteiger partial charge in [-0.25, -0.2) is 4.79 Å². The molecule has 144 valence electrons. The predicted molar refractivity (Wildman–Crippen MR) is 102 cm³/mol. The second-order valence-corrected chi connectivity index (χ2v) is 7.02. The van der Waals surface area contributed by atoms with Gasteiger partial charge in [0.2, 0.25) is 0 Å². The molecule has 7 nitrogen and oxygen atoms in total. The van der Waals surface area contributed by atoms with Gasteiger partial charge in [-0.1, -0.05) is 23.7 Å². The lowest BCUT2D eigenvalue weighted by Crippen LogP contribution is -2.42. The van der Waals surface area contributed by atoms with E-state index in [0.29, 0.717) is 21.9 Å². The highest BCUT2D eigenvalue weighted by Gasteiger charge is 2.49. The zero-order valence-corrected chi connectivity index (χ0v) is 15.8. The summed E-state index contributed by atoms with van der Waals surface area (Å²) in [7, 11) is 0.